The molecule has 1 amide bonds. The normalized spacial score (nSPS) is 33.0. The fourth-order valence-electron chi connectivity index (χ4n) is 2.94. The highest BCUT2D eigenvalue weighted by Gasteiger charge is 2.49. The van der Waals surface area contributed by atoms with E-state index in [4.69, 9.17) is 9.26 Å². The predicted octanol–water partition coefficient (Wildman–Crippen LogP) is 0.204. The maximum Gasteiger partial charge on any atom is 0.420 e. The molecule has 0 aliphatic carbocycles. The minimum absolute atomic E-state index is 0.213. The van der Waals surface area contributed by atoms with Gasteiger partial charge < -0.3 is 20.3 Å². The van der Waals surface area contributed by atoms with Crippen LogP contribution in [0.3, 0.4) is 0 Å². The summed E-state index contributed by atoms with van der Waals surface area (Å²) in [6, 6.07) is 0. The number of likely N-dealkylation sites (N-methyl/N-ethyl adjacent to an activating group) is 1. The second kappa shape index (κ2) is 7.53. The quantitative estimate of drug-likeness (QED) is 0.492. The number of amides is 1. The molecule has 25 heavy (non-hydrogen) atoms. The molecule has 2 heterocycles. The molecule has 6 atom stereocenters. The van der Waals surface area contributed by atoms with E-state index < -0.39 is 38.0 Å². The highest BCUT2D eigenvalue weighted by Crippen LogP contribution is 2.37. The second-order valence-corrected chi connectivity index (χ2v) is 7.47. The summed E-state index contributed by atoms with van der Waals surface area (Å²) in [6.07, 6.45) is 1.55. The number of nitrogens with one attached hydrogen (secondary N) is 1. The number of ether oxygens (including phenoxy) is 1. The molecule has 140 valence electrons. The van der Waals surface area contributed by atoms with Gasteiger partial charge in [0.25, 0.3) is 5.91 Å². The Morgan fingerprint density at radius 2 is 2.12 bits per heavy atom. The second-order valence-electron chi connectivity index (χ2n) is 6.58. The van der Waals surface area contributed by atoms with Gasteiger partial charge in [0.05, 0.1) is 11.7 Å². The lowest BCUT2D eigenvalue weighted by atomic mass is 9.92. The Hall–Kier alpha value is -1.28. The highest BCUT2D eigenvalue weighted by molar-refractivity contribution is 7.44. The van der Waals surface area contributed by atoms with Gasteiger partial charge in [0.15, 0.2) is 0 Å². The van der Waals surface area contributed by atoms with Crippen LogP contribution in [0.15, 0.2) is 24.2 Å². The lowest BCUT2D eigenvalue weighted by molar-refractivity contribution is -0.127. The van der Waals surface area contributed by atoms with Crippen LogP contribution in [0, 0.1) is 0 Å². The Bertz CT molecular complexity index is 609. The molecule has 2 aliphatic heterocycles. The van der Waals surface area contributed by atoms with E-state index in [-0.39, 0.29) is 17.9 Å². The lowest BCUT2D eigenvalue weighted by Gasteiger charge is -2.29. The van der Waals surface area contributed by atoms with E-state index in [1.54, 1.807) is 14.0 Å². The first-order valence-electron chi connectivity index (χ1n) is 8.03. The van der Waals surface area contributed by atoms with Crippen LogP contribution < -0.4 is 5.32 Å². The predicted molar refractivity (Wildman–Crippen MR) is 94.5 cm³/mol. The summed E-state index contributed by atoms with van der Waals surface area (Å²) in [4.78, 5) is 23.2. The van der Waals surface area contributed by atoms with Gasteiger partial charge in [0.2, 0.25) is 0 Å². The molecule has 0 spiro atoms. The van der Waals surface area contributed by atoms with Gasteiger partial charge in [-0.1, -0.05) is 13.5 Å². The third-order valence-corrected chi connectivity index (χ3v) is 5.38. The van der Waals surface area contributed by atoms with Gasteiger partial charge in [-0.05, 0) is 13.3 Å². The highest BCUT2D eigenvalue weighted by atomic mass is 31.1. The summed E-state index contributed by atoms with van der Waals surface area (Å²) in [7, 11) is -0.268. The third-order valence-electron chi connectivity index (χ3n) is 4.73. The van der Waals surface area contributed by atoms with Crippen LogP contribution in [-0.2, 0) is 14.1 Å². The van der Waals surface area contributed by atoms with Gasteiger partial charge in [-0.15, -0.1) is 4.52 Å². The maximum atomic E-state index is 12.4. The smallest absolute Gasteiger partial charge is 0.388 e. The van der Waals surface area contributed by atoms with Gasteiger partial charge in [0.1, 0.15) is 36.0 Å². The zero-order valence-corrected chi connectivity index (χ0v) is 15.6. The molecule has 1 saturated heterocycles. The number of aliphatic hydroxyl groups excluding tert-OH is 2. The summed E-state index contributed by atoms with van der Waals surface area (Å²) < 4.78 is 11.3. The summed E-state index contributed by atoms with van der Waals surface area (Å²) in [5.41, 5.74) is -0.554. The van der Waals surface area contributed by atoms with E-state index in [1.807, 2.05) is 6.92 Å². The van der Waals surface area contributed by atoms with Crippen molar-refractivity contribution in [2.24, 2.45) is 0 Å². The summed E-state index contributed by atoms with van der Waals surface area (Å²) >= 11 is 0. The van der Waals surface area contributed by atoms with E-state index in [0.29, 0.717) is 12.2 Å². The molecule has 0 saturated carbocycles. The van der Waals surface area contributed by atoms with Crippen molar-refractivity contribution < 1.29 is 29.2 Å². The minimum atomic E-state index is -1.82. The van der Waals surface area contributed by atoms with E-state index in [0.717, 1.165) is 0 Å². The van der Waals surface area contributed by atoms with Crippen molar-refractivity contribution in [1.29, 1.82) is 0 Å². The van der Waals surface area contributed by atoms with Crippen LogP contribution in [0.25, 0.3) is 0 Å². The standard InChI is InChI=1S/C16H25N2O6P/c1-6-16(3,24-25(5)22)7-11-12(19)13(20)14(23-11)10-8-17-9(2)18(4)15(10)21/h8,11-14,19-20H,2,5-7H2,1,3-4H3,(H-,17,21,22)/p+1/t11-,12-,13-,14?,16?/m1/s1. The van der Waals surface area contributed by atoms with E-state index in [1.165, 1.54) is 11.1 Å². The number of aliphatic hydroxyl groups is 2. The molecule has 8 nitrogen and oxygen atoms in total. The largest absolute Gasteiger partial charge is 0.420 e. The Balaban J connectivity index is 2.17. The van der Waals surface area contributed by atoms with Crippen LogP contribution >= 0.6 is 8.00 Å². The molecule has 4 N–H and O–H groups in total. The third kappa shape index (κ3) is 4.11. The van der Waals surface area contributed by atoms with E-state index >= 15 is 0 Å². The minimum Gasteiger partial charge on any atom is -0.388 e. The van der Waals surface area contributed by atoms with Crippen molar-refractivity contribution >= 4 is 20.2 Å². The van der Waals surface area contributed by atoms with Gasteiger partial charge in [0, 0.05) is 19.7 Å². The first kappa shape index (κ1) is 20.0. The monoisotopic (exact) mass is 373 g/mol. The van der Waals surface area contributed by atoms with Gasteiger partial charge in [-0.2, -0.15) is 4.89 Å². The molecule has 2 rings (SSSR count). The zero-order valence-electron chi connectivity index (χ0n) is 14.7. The van der Waals surface area contributed by atoms with Crippen molar-refractivity contribution in [1.82, 2.24) is 10.2 Å². The van der Waals surface area contributed by atoms with Crippen LogP contribution in [0.5, 0.6) is 0 Å². The van der Waals surface area contributed by atoms with Crippen molar-refractivity contribution in [3.8, 4) is 0 Å². The molecule has 3 unspecified atom stereocenters. The van der Waals surface area contributed by atoms with Gasteiger partial charge >= 0.3 is 8.00 Å². The maximum absolute atomic E-state index is 12.4. The average molecular weight is 373 g/mol. The van der Waals surface area contributed by atoms with Crippen molar-refractivity contribution in [2.45, 2.75) is 56.7 Å². The summed E-state index contributed by atoms with van der Waals surface area (Å²) in [6.45, 7) is 7.36. The molecule has 1 fully saturated rings. The molecule has 0 aromatic carbocycles. The molecular weight excluding hydrogens is 347 g/mol. The molecule has 9 heteroatoms. The van der Waals surface area contributed by atoms with Gasteiger partial charge in [-0.25, -0.2) is 0 Å². The molecule has 0 radical (unpaired) electrons. The zero-order chi connectivity index (χ0) is 18.9. The molecule has 2 aliphatic rings. The number of carbonyl (C=O) groups is 1. The lowest BCUT2D eigenvalue weighted by Crippen LogP contribution is -2.43. The number of nitrogens with zero attached hydrogens (tertiary/aromatic N) is 1. The van der Waals surface area contributed by atoms with Crippen LogP contribution in [0.1, 0.15) is 26.7 Å². The first-order valence-corrected chi connectivity index (χ1v) is 9.43. The van der Waals surface area contributed by atoms with E-state index in [9.17, 15) is 19.9 Å². The molecule has 0 bridgehead atoms. The summed E-state index contributed by atoms with van der Waals surface area (Å²) in [5.74, 6) is 0.0591. The number of carbonyl (C=O) groups excluding carboxylic acids is 1. The van der Waals surface area contributed by atoms with Crippen LogP contribution in [0.2, 0.25) is 0 Å². The average Bonchev–Trinajstić information content (AvgIpc) is 2.80. The Morgan fingerprint density at radius 3 is 2.68 bits per heavy atom. The van der Waals surface area contributed by atoms with Crippen LogP contribution in [-0.4, -0.2) is 69.3 Å². The first-order chi connectivity index (χ1) is 11.6. The fraction of sp³-hybridized carbons (Fsp3) is 0.625. The number of hydrogen-bond donors (Lipinski definition) is 4. The van der Waals surface area contributed by atoms with Crippen LogP contribution in [0.4, 0.5) is 0 Å². The van der Waals surface area contributed by atoms with Crippen molar-refractivity contribution in [3.63, 3.8) is 0 Å². The molecule has 0 aromatic rings. The number of hydrogen-bond acceptors (Lipinski definition) is 7. The van der Waals surface area contributed by atoms with Crippen molar-refractivity contribution in [2.75, 3.05) is 7.05 Å². The molecular formula is C16H26N2O6P+. The van der Waals surface area contributed by atoms with E-state index in [2.05, 4.69) is 18.2 Å². The Labute approximate surface area is 148 Å². The number of rotatable bonds is 6. The Morgan fingerprint density at radius 1 is 1.48 bits per heavy atom. The summed E-state index contributed by atoms with van der Waals surface area (Å²) in [5, 5.41) is 23.6. The SMILES string of the molecule is C=C1NC=C(C2O[C@H](CC(C)(CC)O[P+](=C)O)[C@@H](O)[C@H]2O)C(=O)N1C. The Kier molecular flexibility index (Phi) is 6.04. The van der Waals surface area contributed by atoms with Gasteiger partial charge in [-0.3, -0.25) is 9.69 Å². The van der Waals surface area contributed by atoms with Crippen molar-refractivity contribution in [3.05, 3.63) is 24.2 Å². The molecule has 0 aromatic heterocycles. The topological polar surface area (TPSA) is 111 Å². The fourth-order valence-corrected chi connectivity index (χ4v) is 3.65.